The van der Waals surface area contributed by atoms with Crippen LogP contribution in [0.2, 0.25) is 5.02 Å². The van der Waals surface area contributed by atoms with E-state index in [1.807, 2.05) is 0 Å². The Morgan fingerprint density at radius 1 is 0.941 bits per heavy atom. The Labute approximate surface area is 200 Å². The number of nitro groups is 1. The molecular formula is C25H21ClN2O6. The Bertz CT molecular complexity index is 1210. The molecule has 1 N–H and O–H groups in total. The fraction of sp³-hybridized carbons (Fsp3) is 0.160. The predicted molar refractivity (Wildman–Crippen MR) is 127 cm³/mol. The van der Waals surface area contributed by atoms with E-state index in [0.717, 1.165) is 0 Å². The summed E-state index contributed by atoms with van der Waals surface area (Å²) < 4.78 is 5.21. The van der Waals surface area contributed by atoms with Crippen LogP contribution in [0.15, 0.2) is 72.8 Å². The number of esters is 1. The summed E-state index contributed by atoms with van der Waals surface area (Å²) in [4.78, 5) is 48.2. The van der Waals surface area contributed by atoms with Crippen molar-refractivity contribution in [1.29, 1.82) is 0 Å². The van der Waals surface area contributed by atoms with Gasteiger partial charge in [0.15, 0.2) is 18.2 Å². The molecule has 3 aromatic rings. The molecule has 0 heterocycles. The van der Waals surface area contributed by atoms with E-state index in [9.17, 15) is 24.5 Å². The topological polar surface area (TPSA) is 116 Å². The van der Waals surface area contributed by atoms with Gasteiger partial charge in [0, 0.05) is 40.4 Å². The second-order valence-corrected chi connectivity index (χ2v) is 7.84. The van der Waals surface area contributed by atoms with Crippen LogP contribution in [-0.2, 0) is 9.53 Å². The van der Waals surface area contributed by atoms with Crippen molar-refractivity contribution >= 4 is 40.5 Å². The highest BCUT2D eigenvalue weighted by Gasteiger charge is 2.26. The maximum atomic E-state index is 12.9. The first kappa shape index (κ1) is 24.6. The van der Waals surface area contributed by atoms with Gasteiger partial charge < -0.3 is 10.1 Å². The maximum absolute atomic E-state index is 12.9. The lowest BCUT2D eigenvalue weighted by molar-refractivity contribution is -0.384. The van der Waals surface area contributed by atoms with Crippen molar-refractivity contribution in [3.63, 3.8) is 0 Å². The lowest BCUT2D eigenvalue weighted by Gasteiger charge is -2.20. The molecule has 3 aromatic carbocycles. The molecule has 34 heavy (non-hydrogen) atoms. The van der Waals surface area contributed by atoms with Gasteiger partial charge >= 0.3 is 5.97 Å². The largest absolute Gasteiger partial charge is 0.456 e. The molecule has 0 amide bonds. The molecule has 0 aliphatic heterocycles. The molecule has 0 aliphatic rings. The maximum Gasteiger partial charge on any atom is 0.329 e. The third-order valence-electron chi connectivity index (χ3n) is 5.11. The fourth-order valence-corrected chi connectivity index (χ4v) is 3.34. The number of ketones is 2. The summed E-state index contributed by atoms with van der Waals surface area (Å²) >= 11 is 6.17. The molecule has 3 rings (SSSR count). The molecule has 0 unspecified atom stereocenters. The fourth-order valence-electron chi connectivity index (χ4n) is 3.16. The molecule has 0 aliphatic carbocycles. The number of rotatable bonds is 10. The number of nitrogens with one attached hydrogen (secondary N) is 1. The van der Waals surface area contributed by atoms with Gasteiger partial charge in [-0.25, -0.2) is 4.79 Å². The lowest BCUT2D eigenvalue weighted by Crippen LogP contribution is -2.35. The van der Waals surface area contributed by atoms with Crippen LogP contribution in [-0.4, -0.2) is 35.1 Å². The zero-order valence-electron chi connectivity index (χ0n) is 18.2. The van der Waals surface area contributed by atoms with Crippen LogP contribution in [0.25, 0.3) is 0 Å². The van der Waals surface area contributed by atoms with Gasteiger partial charge in [0.2, 0.25) is 0 Å². The number of anilines is 1. The van der Waals surface area contributed by atoms with E-state index in [0.29, 0.717) is 21.8 Å². The van der Waals surface area contributed by atoms with Gasteiger partial charge in [0.1, 0.15) is 6.04 Å². The highest BCUT2D eigenvalue weighted by atomic mass is 35.5. The summed E-state index contributed by atoms with van der Waals surface area (Å²) in [5.41, 5.74) is 1.68. The van der Waals surface area contributed by atoms with E-state index in [2.05, 4.69) is 5.32 Å². The molecule has 1 atom stereocenters. The second-order valence-electron chi connectivity index (χ2n) is 7.44. The Balaban J connectivity index is 1.73. The number of carbonyl (C=O) groups is 3. The molecule has 8 nitrogen and oxygen atoms in total. The zero-order valence-corrected chi connectivity index (χ0v) is 19.0. The third-order valence-corrected chi connectivity index (χ3v) is 5.52. The van der Waals surface area contributed by atoms with Gasteiger partial charge in [0.05, 0.1) is 4.92 Å². The first-order valence-corrected chi connectivity index (χ1v) is 10.7. The Morgan fingerprint density at radius 2 is 1.59 bits per heavy atom. The average molecular weight is 481 g/mol. The number of halogens is 1. The van der Waals surface area contributed by atoms with Crippen LogP contribution < -0.4 is 5.32 Å². The number of benzene rings is 3. The van der Waals surface area contributed by atoms with Crippen molar-refractivity contribution in [3.8, 4) is 0 Å². The number of nitrogens with zero attached hydrogens (tertiary/aromatic N) is 1. The van der Waals surface area contributed by atoms with Crippen molar-refractivity contribution in [2.45, 2.75) is 19.4 Å². The molecule has 9 heteroatoms. The monoisotopic (exact) mass is 480 g/mol. The minimum atomic E-state index is -1.07. The summed E-state index contributed by atoms with van der Waals surface area (Å²) in [6.45, 7) is 1.19. The number of Topliss-reactive ketones (excluding diaryl/α,β-unsaturated/α-hetero) is 2. The van der Waals surface area contributed by atoms with Crippen molar-refractivity contribution < 1.29 is 24.0 Å². The van der Waals surface area contributed by atoms with E-state index in [1.165, 1.54) is 24.3 Å². The smallest absolute Gasteiger partial charge is 0.329 e. The molecule has 0 aromatic heterocycles. The van der Waals surface area contributed by atoms with E-state index in [4.69, 9.17) is 16.3 Å². The number of ether oxygens (including phenoxy) is 1. The molecule has 0 fully saturated rings. The lowest BCUT2D eigenvalue weighted by atomic mass is 10.0. The van der Waals surface area contributed by atoms with Gasteiger partial charge in [-0.15, -0.1) is 0 Å². The van der Waals surface area contributed by atoms with Crippen LogP contribution >= 0.6 is 11.6 Å². The second kappa shape index (κ2) is 11.2. The van der Waals surface area contributed by atoms with Crippen LogP contribution in [0.3, 0.4) is 0 Å². The van der Waals surface area contributed by atoms with Gasteiger partial charge in [-0.2, -0.15) is 0 Å². The summed E-state index contributed by atoms with van der Waals surface area (Å²) in [5.74, 6) is -1.61. The molecule has 0 radical (unpaired) electrons. The SMILES string of the molecule is Cc1c(Cl)cccc1N[C@H](CC(=O)c1ccccc1)C(=O)OCC(=O)c1ccc([N+](=O)[O-])cc1. The minimum Gasteiger partial charge on any atom is -0.456 e. The number of non-ortho nitro benzene ring substituents is 1. The van der Waals surface area contributed by atoms with E-state index < -0.39 is 29.3 Å². The van der Waals surface area contributed by atoms with Gasteiger partial charge in [-0.05, 0) is 36.8 Å². The quantitative estimate of drug-likeness (QED) is 0.187. The van der Waals surface area contributed by atoms with E-state index >= 15 is 0 Å². The van der Waals surface area contributed by atoms with Crippen LogP contribution in [0.4, 0.5) is 11.4 Å². The average Bonchev–Trinajstić information content (AvgIpc) is 2.85. The highest BCUT2D eigenvalue weighted by Crippen LogP contribution is 2.24. The van der Waals surface area contributed by atoms with Gasteiger partial charge in [-0.3, -0.25) is 19.7 Å². The first-order chi connectivity index (χ1) is 16.3. The molecule has 0 saturated carbocycles. The minimum absolute atomic E-state index is 0.158. The number of carbonyl (C=O) groups excluding carboxylic acids is 3. The van der Waals surface area contributed by atoms with Crippen molar-refractivity contribution in [1.82, 2.24) is 0 Å². The van der Waals surface area contributed by atoms with E-state index in [-0.39, 0.29) is 23.5 Å². The summed E-state index contributed by atoms with van der Waals surface area (Å²) in [6, 6.07) is 17.5. The van der Waals surface area contributed by atoms with Crippen molar-refractivity contribution in [2.75, 3.05) is 11.9 Å². The summed E-state index contributed by atoms with van der Waals surface area (Å²) in [6.07, 6.45) is -0.208. The Hall–Kier alpha value is -4.04. The standard InChI is InChI=1S/C25H21ClN2O6/c1-16-20(26)8-5-9-21(16)27-22(14-23(29)17-6-3-2-4-7-17)25(31)34-15-24(30)18-10-12-19(13-11-18)28(32)33/h2-13,22,27H,14-15H2,1H3/t22-/m1/s1. The normalized spacial score (nSPS) is 11.4. The molecular weight excluding hydrogens is 460 g/mol. The number of hydrogen-bond acceptors (Lipinski definition) is 7. The first-order valence-electron chi connectivity index (χ1n) is 10.3. The van der Waals surface area contributed by atoms with Crippen molar-refractivity contribution in [3.05, 3.63) is 105 Å². The third kappa shape index (κ3) is 6.26. The summed E-state index contributed by atoms with van der Waals surface area (Å²) in [7, 11) is 0. The molecule has 0 bridgehead atoms. The highest BCUT2D eigenvalue weighted by molar-refractivity contribution is 6.31. The van der Waals surface area contributed by atoms with Crippen molar-refractivity contribution in [2.24, 2.45) is 0 Å². The number of hydrogen-bond donors (Lipinski definition) is 1. The number of nitro benzene ring substituents is 1. The molecule has 174 valence electrons. The van der Waals surface area contributed by atoms with Gasteiger partial charge in [-0.1, -0.05) is 48.0 Å². The predicted octanol–water partition coefficient (Wildman–Crippen LogP) is 5.04. The Kier molecular flexibility index (Phi) is 8.10. The molecule has 0 spiro atoms. The van der Waals surface area contributed by atoms with Crippen LogP contribution in [0, 0.1) is 17.0 Å². The summed E-state index contributed by atoms with van der Waals surface area (Å²) in [5, 5.41) is 14.3. The zero-order chi connectivity index (χ0) is 24.7. The molecule has 0 saturated heterocycles. The van der Waals surface area contributed by atoms with E-state index in [1.54, 1.807) is 55.5 Å². The Morgan fingerprint density at radius 3 is 2.24 bits per heavy atom. The van der Waals surface area contributed by atoms with Gasteiger partial charge in [0.25, 0.3) is 5.69 Å². The van der Waals surface area contributed by atoms with Crippen LogP contribution in [0.1, 0.15) is 32.7 Å². The van der Waals surface area contributed by atoms with Crippen LogP contribution in [0.5, 0.6) is 0 Å².